The number of hydrogen-bond donors (Lipinski definition) is 1. The Balaban J connectivity index is 0.964. The lowest BCUT2D eigenvalue weighted by molar-refractivity contribution is 0.202. The molecule has 1 aliphatic heterocycles. The van der Waals surface area contributed by atoms with E-state index in [-0.39, 0.29) is 5.88 Å². The lowest BCUT2D eigenvalue weighted by Crippen LogP contribution is -2.47. The molecular formula is C44H45N3O3S2. The van der Waals surface area contributed by atoms with Crippen LogP contribution in [0.1, 0.15) is 22.3 Å². The van der Waals surface area contributed by atoms with Gasteiger partial charge in [0.25, 0.3) is 0 Å². The molecule has 52 heavy (non-hydrogen) atoms. The molecule has 1 fully saturated rings. The number of rotatable bonds is 14. The summed E-state index contributed by atoms with van der Waals surface area (Å²) in [6.45, 7) is 1.73. The molecule has 7 rings (SSSR count). The van der Waals surface area contributed by atoms with Crippen LogP contribution in [0.4, 0.5) is 5.69 Å². The maximum atomic E-state index is 13.3. The Kier molecular flexibility index (Phi) is 11.0. The fourth-order valence-corrected chi connectivity index (χ4v) is 10.1. The van der Waals surface area contributed by atoms with Gasteiger partial charge in [-0.15, -0.1) is 11.8 Å². The molecule has 0 saturated carbocycles. The quantitative estimate of drug-likeness (QED) is 0.0897. The zero-order valence-electron chi connectivity index (χ0n) is 29.7. The number of anilines is 1. The van der Waals surface area contributed by atoms with Crippen LogP contribution in [0.15, 0.2) is 157 Å². The highest BCUT2D eigenvalue weighted by Gasteiger charge is 2.45. The molecule has 0 radical (unpaired) electrons. The van der Waals surface area contributed by atoms with E-state index in [1.165, 1.54) is 22.3 Å². The van der Waals surface area contributed by atoms with E-state index in [4.69, 9.17) is 4.74 Å². The van der Waals surface area contributed by atoms with Crippen LogP contribution in [0.2, 0.25) is 0 Å². The van der Waals surface area contributed by atoms with E-state index in [1.54, 1.807) is 6.07 Å². The summed E-state index contributed by atoms with van der Waals surface area (Å²) in [6, 6.07) is 52.3. The van der Waals surface area contributed by atoms with Gasteiger partial charge in [0.1, 0.15) is 18.2 Å². The minimum atomic E-state index is -3.54. The van der Waals surface area contributed by atoms with E-state index < -0.39 is 15.4 Å². The molecular weight excluding hydrogens is 683 g/mol. The first kappa shape index (κ1) is 35.8. The Morgan fingerprint density at radius 3 is 1.90 bits per heavy atom. The van der Waals surface area contributed by atoms with Gasteiger partial charge in [-0.3, -0.25) is 10.2 Å². The molecule has 1 atom stereocenters. The number of ether oxygens (including phenoxy) is 1. The molecule has 1 heterocycles. The second kappa shape index (κ2) is 16.0. The van der Waals surface area contributed by atoms with E-state index in [0.29, 0.717) is 23.3 Å². The molecule has 8 heteroatoms. The molecule has 6 aromatic rings. The third-order valence-electron chi connectivity index (χ3n) is 9.84. The number of nitrogens with zero attached hydrogens (tertiary/aromatic N) is 2. The van der Waals surface area contributed by atoms with Crippen molar-refractivity contribution in [3.8, 4) is 5.75 Å². The number of benzene rings is 6. The van der Waals surface area contributed by atoms with Gasteiger partial charge in [-0.25, -0.2) is 8.42 Å². The zero-order valence-corrected chi connectivity index (χ0v) is 31.3. The van der Waals surface area contributed by atoms with Crippen LogP contribution < -0.4 is 15.0 Å². The van der Waals surface area contributed by atoms with Gasteiger partial charge in [0, 0.05) is 54.8 Å². The second-order valence-electron chi connectivity index (χ2n) is 13.4. The summed E-state index contributed by atoms with van der Waals surface area (Å²) in [4.78, 5) is 4.98. The van der Waals surface area contributed by atoms with Gasteiger partial charge in [0.05, 0.1) is 10.4 Å². The number of thioether (sulfide) groups is 1. The number of fused-ring (bicyclic) bond motifs is 1. The summed E-state index contributed by atoms with van der Waals surface area (Å²) in [5.41, 5.74) is 5.68. The first-order valence-corrected chi connectivity index (χ1v) is 20.4. The highest BCUT2D eigenvalue weighted by molar-refractivity contribution is 8.00. The number of nitrogens with one attached hydrogen (secondary N) is 1. The fourth-order valence-electron chi connectivity index (χ4n) is 7.43. The molecule has 0 bridgehead atoms. The topological polar surface area (TPSA) is 61.9 Å². The van der Waals surface area contributed by atoms with Gasteiger partial charge in [-0.2, -0.15) is 0 Å². The second-order valence-corrected chi connectivity index (χ2v) is 16.6. The lowest BCUT2D eigenvalue weighted by atomic mass is 9.75. The van der Waals surface area contributed by atoms with Gasteiger partial charge in [0.2, 0.25) is 0 Å². The minimum Gasteiger partial charge on any atom is -0.492 e. The molecule has 266 valence electrons. The first-order valence-electron chi connectivity index (χ1n) is 17.7. The largest absolute Gasteiger partial charge is 0.492 e. The van der Waals surface area contributed by atoms with Crippen LogP contribution in [0, 0.1) is 0 Å². The van der Waals surface area contributed by atoms with Crippen LogP contribution >= 0.6 is 11.8 Å². The minimum absolute atomic E-state index is 0.156. The van der Waals surface area contributed by atoms with Crippen molar-refractivity contribution in [3.63, 3.8) is 0 Å². The van der Waals surface area contributed by atoms with Crippen molar-refractivity contribution >= 4 is 38.1 Å². The summed E-state index contributed by atoms with van der Waals surface area (Å²) in [7, 11) is 0.378. The zero-order chi connectivity index (χ0) is 36.0. The van der Waals surface area contributed by atoms with E-state index >= 15 is 0 Å². The predicted molar refractivity (Wildman–Crippen MR) is 216 cm³/mol. The van der Waals surface area contributed by atoms with E-state index in [9.17, 15) is 8.42 Å². The van der Waals surface area contributed by atoms with Crippen LogP contribution in [-0.2, 0) is 21.8 Å². The normalized spacial score (nSPS) is 15.2. The molecule has 1 saturated heterocycles. The van der Waals surface area contributed by atoms with Gasteiger partial charge in [0.15, 0.2) is 9.84 Å². The average molecular weight is 728 g/mol. The van der Waals surface area contributed by atoms with Gasteiger partial charge >= 0.3 is 0 Å². The van der Waals surface area contributed by atoms with Crippen LogP contribution in [0.5, 0.6) is 5.75 Å². The van der Waals surface area contributed by atoms with E-state index in [0.717, 1.165) is 41.1 Å². The summed E-state index contributed by atoms with van der Waals surface area (Å²) >= 11 is 2.02. The highest BCUT2D eigenvalue weighted by Crippen LogP contribution is 2.46. The smallest absolute Gasteiger partial charge is 0.191 e. The van der Waals surface area contributed by atoms with Crippen LogP contribution in [0.25, 0.3) is 10.8 Å². The molecule has 6 nitrogen and oxygen atoms in total. The van der Waals surface area contributed by atoms with Crippen molar-refractivity contribution in [2.45, 2.75) is 22.1 Å². The summed E-state index contributed by atoms with van der Waals surface area (Å²) in [5.74, 6) is 1.54. The van der Waals surface area contributed by atoms with Crippen molar-refractivity contribution in [1.82, 2.24) is 10.2 Å². The van der Waals surface area contributed by atoms with Crippen LogP contribution in [-0.4, -0.2) is 64.1 Å². The Morgan fingerprint density at radius 1 is 0.731 bits per heavy atom. The maximum absolute atomic E-state index is 13.3. The van der Waals surface area contributed by atoms with Gasteiger partial charge < -0.3 is 9.64 Å². The molecule has 1 aliphatic rings. The molecule has 0 aliphatic carbocycles. The van der Waals surface area contributed by atoms with Crippen molar-refractivity contribution in [1.29, 1.82) is 0 Å². The lowest BCUT2D eigenvalue weighted by Gasteiger charge is -2.43. The van der Waals surface area contributed by atoms with Gasteiger partial charge in [-0.1, -0.05) is 127 Å². The standard InChI is InChI=1S/C44H45N3O3S2/c1-46(2)42-22-12-21-41-40(42)20-13-23-43(41)52(48,49)32-45-28-29-50-38-26-24-34(25-27-38)30-39-31-47(33-51-39)44(35-14-6-3-7-15-35,36-16-8-4-9-17-36)37-18-10-5-11-19-37/h3-27,39,45H,28-33H2,1-2H3. The molecule has 0 amide bonds. The number of hydrogen-bond acceptors (Lipinski definition) is 7. The average Bonchev–Trinajstić information content (AvgIpc) is 3.64. The first-order chi connectivity index (χ1) is 25.4. The maximum Gasteiger partial charge on any atom is 0.191 e. The van der Waals surface area contributed by atoms with Crippen molar-refractivity contribution < 1.29 is 13.2 Å². The molecule has 1 unspecified atom stereocenters. The highest BCUT2D eigenvalue weighted by atomic mass is 32.2. The fraction of sp³-hybridized carbons (Fsp3) is 0.227. The van der Waals surface area contributed by atoms with Gasteiger partial charge in [-0.05, 0) is 52.9 Å². The Hall–Kier alpha value is -4.60. The predicted octanol–water partition coefficient (Wildman–Crippen LogP) is 8.22. The SMILES string of the molecule is CN(C)c1cccc2c(S(=O)(=O)CNCCOc3ccc(CC4CN(C(c5ccccc5)(c5ccccc5)c5ccccc5)CS4)cc3)cccc12. The van der Waals surface area contributed by atoms with Crippen molar-refractivity contribution in [2.75, 3.05) is 50.4 Å². The number of sulfone groups is 1. The monoisotopic (exact) mass is 727 g/mol. The summed E-state index contributed by atoms with van der Waals surface area (Å²) in [5, 5.41) is 5.17. The van der Waals surface area contributed by atoms with Crippen molar-refractivity contribution in [3.05, 3.63) is 174 Å². The molecule has 6 aromatic carbocycles. The summed E-state index contributed by atoms with van der Waals surface area (Å²) < 4.78 is 32.6. The Labute approximate surface area is 312 Å². The third-order valence-corrected chi connectivity index (χ3v) is 12.7. The van der Waals surface area contributed by atoms with E-state index in [1.807, 2.05) is 73.2 Å². The molecule has 0 spiro atoms. The van der Waals surface area contributed by atoms with E-state index in [2.05, 4.69) is 113 Å². The van der Waals surface area contributed by atoms with Crippen molar-refractivity contribution in [2.24, 2.45) is 0 Å². The Bertz CT molecular complexity index is 2080. The molecule has 0 aromatic heterocycles. The Morgan fingerprint density at radius 2 is 1.31 bits per heavy atom. The third kappa shape index (κ3) is 7.48. The van der Waals surface area contributed by atoms with Crippen LogP contribution in [0.3, 0.4) is 0 Å². The summed E-state index contributed by atoms with van der Waals surface area (Å²) in [6.07, 6.45) is 0.958. The molecule has 1 N–H and O–H groups in total.